The van der Waals surface area contributed by atoms with Gasteiger partial charge in [-0.2, -0.15) is 5.26 Å². The van der Waals surface area contributed by atoms with Crippen molar-refractivity contribution in [3.05, 3.63) is 0 Å². The van der Waals surface area contributed by atoms with Crippen molar-refractivity contribution in [3.63, 3.8) is 0 Å². The fraction of sp³-hybridized carbons (Fsp3) is 0.889. The first-order chi connectivity index (χ1) is 5.26. The summed E-state index contributed by atoms with van der Waals surface area (Å²) in [6.45, 7) is 5.29. The third-order valence-corrected chi connectivity index (χ3v) is 2.14. The van der Waals surface area contributed by atoms with E-state index < -0.39 is 0 Å². The first-order valence-corrected chi connectivity index (χ1v) is 4.33. The van der Waals surface area contributed by atoms with Crippen LogP contribution in [0.25, 0.3) is 0 Å². The highest BCUT2D eigenvalue weighted by Crippen LogP contribution is 2.05. The highest BCUT2D eigenvalue weighted by Gasteiger charge is 2.08. The molecule has 2 nitrogen and oxygen atoms in total. The lowest BCUT2D eigenvalue weighted by Gasteiger charge is -2.24. The van der Waals surface area contributed by atoms with Crippen LogP contribution in [0.3, 0.4) is 0 Å². The molecule has 0 aliphatic rings. The van der Waals surface area contributed by atoms with E-state index in [0.717, 1.165) is 6.54 Å². The monoisotopic (exact) mass is 154 g/mol. The summed E-state index contributed by atoms with van der Waals surface area (Å²) in [7, 11) is 2.09. The van der Waals surface area contributed by atoms with Crippen LogP contribution < -0.4 is 0 Å². The van der Waals surface area contributed by atoms with Crippen LogP contribution in [0.5, 0.6) is 0 Å². The molecule has 0 rings (SSSR count). The fourth-order valence-corrected chi connectivity index (χ4v) is 1.32. The molecule has 0 saturated carbocycles. The quantitative estimate of drug-likeness (QED) is 0.605. The van der Waals surface area contributed by atoms with Gasteiger partial charge in [0.2, 0.25) is 0 Å². The number of nitrogens with zero attached hydrogens (tertiary/aromatic N) is 2. The predicted octanol–water partition coefficient (Wildman–Crippen LogP) is 2.02. The van der Waals surface area contributed by atoms with Crippen molar-refractivity contribution < 1.29 is 0 Å². The molecule has 0 N–H and O–H groups in total. The summed E-state index contributed by atoms with van der Waals surface area (Å²) in [5.41, 5.74) is 0. The Morgan fingerprint density at radius 3 is 2.27 bits per heavy atom. The minimum atomic E-state index is 0.646. The molecule has 0 aromatic carbocycles. The van der Waals surface area contributed by atoms with E-state index in [-0.39, 0.29) is 0 Å². The second-order valence-electron chi connectivity index (χ2n) is 2.86. The normalized spacial score (nSPS) is 10.5. The van der Waals surface area contributed by atoms with Crippen molar-refractivity contribution in [2.75, 3.05) is 13.6 Å². The Balaban J connectivity index is 3.61. The third kappa shape index (κ3) is 4.00. The maximum atomic E-state index is 8.37. The maximum absolute atomic E-state index is 8.37. The van der Waals surface area contributed by atoms with E-state index in [1.54, 1.807) is 0 Å². The van der Waals surface area contributed by atoms with Crippen LogP contribution >= 0.6 is 0 Å². The van der Waals surface area contributed by atoms with Crippen LogP contribution in [0.15, 0.2) is 0 Å². The van der Waals surface area contributed by atoms with Gasteiger partial charge in [-0.3, -0.25) is 0 Å². The average molecular weight is 154 g/mol. The molecule has 0 amide bonds. The van der Waals surface area contributed by atoms with Crippen molar-refractivity contribution in [1.82, 2.24) is 4.90 Å². The van der Waals surface area contributed by atoms with E-state index >= 15 is 0 Å². The van der Waals surface area contributed by atoms with Crippen molar-refractivity contribution in [2.24, 2.45) is 0 Å². The topological polar surface area (TPSA) is 27.0 Å². The van der Waals surface area contributed by atoms with Gasteiger partial charge in [0.1, 0.15) is 0 Å². The van der Waals surface area contributed by atoms with Crippen LogP contribution in [0, 0.1) is 11.3 Å². The third-order valence-electron chi connectivity index (χ3n) is 2.14. The molecule has 0 radical (unpaired) electrons. The molecule has 64 valence electrons. The average Bonchev–Trinajstić information content (AvgIpc) is 2.03. The molecule has 0 aliphatic heterocycles. The lowest BCUT2D eigenvalue weighted by Crippen LogP contribution is -2.31. The zero-order valence-corrected chi connectivity index (χ0v) is 7.80. The Bertz CT molecular complexity index is 122. The van der Waals surface area contributed by atoms with E-state index in [4.69, 9.17) is 5.26 Å². The lowest BCUT2D eigenvalue weighted by molar-refractivity contribution is 0.234. The molecule has 2 heteroatoms. The molecular weight excluding hydrogens is 136 g/mol. The zero-order valence-electron chi connectivity index (χ0n) is 7.80. The molecule has 0 fully saturated rings. The highest BCUT2D eigenvalue weighted by atomic mass is 15.1. The van der Waals surface area contributed by atoms with Gasteiger partial charge in [-0.05, 0) is 19.9 Å². The molecule has 0 aromatic heterocycles. The van der Waals surface area contributed by atoms with Crippen molar-refractivity contribution in [2.45, 2.75) is 39.2 Å². The van der Waals surface area contributed by atoms with E-state index in [9.17, 15) is 0 Å². The Kier molecular flexibility index (Phi) is 5.87. The van der Waals surface area contributed by atoms with Gasteiger partial charge in [-0.1, -0.05) is 13.8 Å². The molecular formula is C9H18N2. The molecule has 0 bridgehead atoms. The van der Waals surface area contributed by atoms with Crippen LogP contribution in [-0.2, 0) is 0 Å². The van der Waals surface area contributed by atoms with E-state index in [1.807, 2.05) is 0 Å². The van der Waals surface area contributed by atoms with Crippen LogP contribution in [0.4, 0.5) is 0 Å². The van der Waals surface area contributed by atoms with Gasteiger partial charge in [-0.15, -0.1) is 0 Å². The van der Waals surface area contributed by atoms with E-state index in [1.165, 1.54) is 12.8 Å². The number of hydrogen-bond acceptors (Lipinski definition) is 2. The number of nitriles is 1. The first kappa shape index (κ1) is 10.4. The van der Waals surface area contributed by atoms with E-state index in [2.05, 4.69) is 31.9 Å². The second kappa shape index (κ2) is 6.18. The molecule has 0 spiro atoms. The Morgan fingerprint density at radius 1 is 1.36 bits per heavy atom. The Hall–Kier alpha value is -0.550. The number of rotatable bonds is 5. The van der Waals surface area contributed by atoms with Crippen LogP contribution in [0.2, 0.25) is 0 Å². The Labute approximate surface area is 69.8 Å². The van der Waals surface area contributed by atoms with Crippen molar-refractivity contribution in [1.29, 1.82) is 5.26 Å². The summed E-state index contributed by atoms with van der Waals surface area (Å²) in [5.74, 6) is 0. The van der Waals surface area contributed by atoms with Crippen LogP contribution in [0.1, 0.15) is 33.1 Å². The number of hydrogen-bond donors (Lipinski definition) is 0. The smallest absolute Gasteiger partial charge is 0.0635 e. The van der Waals surface area contributed by atoms with Gasteiger partial charge in [0.15, 0.2) is 0 Å². The van der Waals surface area contributed by atoms with Crippen molar-refractivity contribution >= 4 is 0 Å². The van der Waals surface area contributed by atoms with Gasteiger partial charge < -0.3 is 4.90 Å². The summed E-state index contributed by atoms with van der Waals surface area (Å²) in [4.78, 5) is 2.27. The second-order valence-corrected chi connectivity index (χ2v) is 2.86. The molecule has 0 heterocycles. The summed E-state index contributed by atoms with van der Waals surface area (Å²) >= 11 is 0. The van der Waals surface area contributed by atoms with Crippen LogP contribution in [-0.4, -0.2) is 24.5 Å². The predicted molar refractivity (Wildman–Crippen MR) is 47.2 cm³/mol. The summed E-state index contributed by atoms with van der Waals surface area (Å²) in [6, 6.07) is 2.82. The zero-order chi connectivity index (χ0) is 8.69. The van der Waals surface area contributed by atoms with Crippen molar-refractivity contribution in [3.8, 4) is 6.07 Å². The van der Waals surface area contributed by atoms with Gasteiger partial charge in [0.05, 0.1) is 6.07 Å². The lowest BCUT2D eigenvalue weighted by atomic mass is 10.1. The minimum Gasteiger partial charge on any atom is -0.302 e. The largest absolute Gasteiger partial charge is 0.302 e. The molecule has 0 saturated heterocycles. The molecule has 0 unspecified atom stereocenters. The summed E-state index contributed by atoms with van der Waals surface area (Å²) < 4.78 is 0. The standard InChI is InChI=1S/C9H18N2/c1-4-9(5-2)11(3)8-6-7-10/h9H,4-6,8H2,1-3H3. The molecule has 0 aliphatic carbocycles. The Morgan fingerprint density at radius 2 is 1.91 bits per heavy atom. The molecule has 0 aromatic rings. The van der Waals surface area contributed by atoms with E-state index in [0.29, 0.717) is 12.5 Å². The van der Waals surface area contributed by atoms with Gasteiger partial charge >= 0.3 is 0 Å². The maximum Gasteiger partial charge on any atom is 0.0635 e. The fourth-order valence-electron chi connectivity index (χ4n) is 1.32. The van der Waals surface area contributed by atoms with Gasteiger partial charge in [-0.25, -0.2) is 0 Å². The summed E-state index contributed by atoms with van der Waals surface area (Å²) in [5, 5.41) is 8.37. The van der Waals surface area contributed by atoms with Gasteiger partial charge in [0.25, 0.3) is 0 Å². The highest BCUT2D eigenvalue weighted by molar-refractivity contribution is 4.73. The first-order valence-electron chi connectivity index (χ1n) is 4.33. The minimum absolute atomic E-state index is 0.646. The molecule has 11 heavy (non-hydrogen) atoms. The summed E-state index contributed by atoms with van der Waals surface area (Å²) in [6.07, 6.45) is 3.00. The SMILES string of the molecule is CCC(CC)N(C)CCC#N. The molecule has 0 atom stereocenters. The van der Waals surface area contributed by atoms with Gasteiger partial charge in [0, 0.05) is 19.0 Å².